The summed E-state index contributed by atoms with van der Waals surface area (Å²) in [7, 11) is 1.11. The summed E-state index contributed by atoms with van der Waals surface area (Å²) in [5.41, 5.74) is 0. The number of hydrogen-bond acceptors (Lipinski definition) is 4. The zero-order valence-electron chi connectivity index (χ0n) is 12.8. The van der Waals surface area contributed by atoms with Gasteiger partial charge in [-0.15, -0.1) is 0 Å². The molecule has 2 aliphatic rings. The Kier molecular flexibility index (Phi) is 5.84. The van der Waals surface area contributed by atoms with Crippen molar-refractivity contribution >= 4 is 10.0 Å². The molecule has 0 aromatic carbocycles. The highest BCUT2D eigenvalue weighted by molar-refractivity contribution is 7.89. The second-order valence-corrected chi connectivity index (χ2v) is 8.61. The molecule has 1 unspecified atom stereocenters. The Morgan fingerprint density at radius 1 is 1.15 bits per heavy atom. The second kappa shape index (κ2) is 7.20. The zero-order chi connectivity index (χ0) is 14.6. The predicted octanol–water partition coefficient (Wildman–Crippen LogP) is 0.589. The number of piperidine rings is 2. The molecular weight excluding hydrogens is 274 g/mol. The molecule has 1 N–H and O–H groups in total. The summed E-state index contributed by atoms with van der Waals surface area (Å²) in [6, 6.07) is 0. The van der Waals surface area contributed by atoms with Gasteiger partial charge in [-0.05, 0) is 64.7 Å². The van der Waals surface area contributed by atoms with E-state index in [1.54, 1.807) is 4.31 Å². The van der Waals surface area contributed by atoms with E-state index in [0.29, 0.717) is 30.7 Å². The van der Waals surface area contributed by atoms with Gasteiger partial charge in [-0.2, -0.15) is 0 Å². The molecule has 0 aromatic rings. The highest BCUT2D eigenvalue weighted by Gasteiger charge is 2.30. The van der Waals surface area contributed by atoms with Crippen molar-refractivity contribution in [3.63, 3.8) is 0 Å². The Bertz CT molecular complexity index is 383. The molecule has 2 heterocycles. The van der Waals surface area contributed by atoms with Crippen LogP contribution in [0.4, 0.5) is 0 Å². The molecule has 118 valence electrons. The number of nitrogens with zero attached hydrogens (tertiary/aromatic N) is 2. The monoisotopic (exact) mass is 303 g/mol. The van der Waals surface area contributed by atoms with Crippen molar-refractivity contribution in [3.05, 3.63) is 0 Å². The number of hydrogen-bond donors (Lipinski definition) is 1. The van der Waals surface area contributed by atoms with Gasteiger partial charge in [-0.1, -0.05) is 0 Å². The largest absolute Gasteiger partial charge is 0.316 e. The quantitative estimate of drug-likeness (QED) is 0.808. The van der Waals surface area contributed by atoms with Crippen LogP contribution in [0, 0.1) is 11.8 Å². The fraction of sp³-hybridized carbons (Fsp3) is 1.00. The summed E-state index contributed by atoms with van der Waals surface area (Å²) in [5, 5.41) is 3.30. The highest BCUT2D eigenvalue weighted by Crippen LogP contribution is 2.22. The molecule has 5 nitrogen and oxygen atoms in total. The summed E-state index contributed by atoms with van der Waals surface area (Å²) in [4.78, 5) is 2.20. The summed E-state index contributed by atoms with van der Waals surface area (Å²) < 4.78 is 26.7. The Balaban J connectivity index is 1.82. The van der Waals surface area contributed by atoms with E-state index in [2.05, 4.69) is 24.3 Å². The van der Waals surface area contributed by atoms with Crippen molar-refractivity contribution < 1.29 is 8.42 Å². The SMILES string of the molecule is CN(C)CC1CCN(S(=O)(=O)CC2CCCNC2)CC1. The normalized spacial score (nSPS) is 27.1. The number of nitrogens with one attached hydrogen (secondary N) is 1. The first-order chi connectivity index (χ1) is 9.47. The van der Waals surface area contributed by atoms with E-state index in [9.17, 15) is 8.42 Å². The van der Waals surface area contributed by atoms with Crippen molar-refractivity contribution in [1.82, 2.24) is 14.5 Å². The smallest absolute Gasteiger partial charge is 0.214 e. The first-order valence-electron chi connectivity index (χ1n) is 7.80. The summed E-state index contributed by atoms with van der Waals surface area (Å²) in [5.74, 6) is 1.28. The molecule has 0 bridgehead atoms. The molecule has 0 amide bonds. The van der Waals surface area contributed by atoms with Crippen molar-refractivity contribution in [2.45, 2.75) is 25.7 Å². The molecule has 0 spiro atoms. The molecule has 2 saturated heterocycles. The zero-order valence-corrected chi connectivity index (χ0v) is 13.7. The minimum absolute atomic E-state index is 0.299. The minimum atomic E-state index is -3.06. The third-order valence-electron chi connectivity index (χ3n) is 4.44. The van der Waals surface area contributed by atoms with Crippen LogP contribution in [0.3, 0.4) is 0 Å². The first-order valence-corrected chi connectivity index (χ1v) is 9.41. The minimum Gasteiger partial charge on any atom is -0.316 e. The van der Waals surface area contributed by atoms with E-state index in [1.165, 1.54) is 0 Å². The van der Waals surface area contributed by atoms with Gasteiger partial charge < -0.3 is 10.2 Å². The number of sulfonamides is 1. The molecule has 2 aliphatic heterocycles. The van der Waals surface area contributed by atoms with Gasteiger partial charge in [0.25, 0.3) is 0 Å². The Labute approximate surface area is 123 Å². The third-order valence-corrected chi connectivity index (χ3v) is 6.48. The van der Waals surface area contributed by atoms with Crippen LogP contribution in [0.2, 0.25) is 0 Å². The van der Waals surface area contributed by atoms with Crippen LogP contribution in [0.1, 0.15) is 25.7 Å². The van der Waals surface area contributed by atoms with Gasteiger partial charge in [0.05, 0.1) is 5.75 Å². The van der Waals surface area contributed by atoms with E-state index in [0.717, 1.165) is 45.3 Å². The van der Waals surface area contributed by atoms with Gasteiger partial charge in [0.1, 0.15) is 0 Å². The maximum atomic E-state index is 12.5. The Morgan fingerprint density at radius 2 is 1.85 bits per heavy atom. The average molecular weight is 303 g/mol. The fourth-order valence-electron chi connectivity index (χ4n) is 3.36. The molecular formula is C14H29N3O2S. The number of rotatable bonds is 5. The van der Waals surface area contributed by atoms with E-state index in [-0.39, 0.29) is 0 Å². The molecule has 1 atom stereocenters. The highest BCUT2D eigenvalue weighted by atomic mass is 32.2. The van der Waals surface area contributed by atoms with E-state index >= 15 is 0 Å². The Morgan fingerprint density at radius 3 is 2.40 bits per heavy atom. The lowest BCUT2D eigenvalue weighted by molar-refractivity contribution is 0.224. The molecule has 0 aromatic heterocycles. The molecule has 0 radical (unpaired) electrons. The van der Waals surface area contributed by atoms with Crippen LogP contribution in [-0.4, -0.2) is 70.2 Å². The summed E-state index contributed by atoms with van der Waals surface area (Å²) >= 11 is 0. The summed E-state index contributed by atoms with van der Waals surface area (Å²) in [6.07, 6.45) is 4.15. The van der Waals surface area contributed by atoms with E-state index < -0.39 is 10.0 Å². The van der Waals surface area contributed by atoms with Crippen molar-refractivity contribution in [2.75, 3.05) is 52.6 Å². The Hall–Kier alpha value is -0.170. The van der Waals surface area contributed by atoms with Gasteiger partial charge in [0.2, 0.25) is 10.0 Å². The first kappa shape index (κ1) is 16.2. The van der Waals surface area contributed by atoms with Crippen molar-refractivity contribution in [3.8, 4) is 0 Å². The molecule has 6 heteroatoms. The van der Waals surface area contributed by atoms with Gasteiger partial charge >= 0.3 is 0 Å². The van der Waals surface area contributed by atoms with Gasteiger partial charge in [0, 0.05) is 19.6 Å². The van der Waals surface area contributed by atoms with Crippen LogP contribution in [0.25, 0.3) is 0 Å². The van der Waals surface area contributed by atoms with Crippen LogP contribution in [-0.2, 0) is 10.0 Å². The van der Waals surface area contributed by atoms with Crippen LogP contribution >= 0.6 is 0 Å². The van der Waals surface area contributed by atoms with Crippen LogP contribution in [0.15, 0.2) is 0 Å². The molecule has 0 aliphatic carbocycles. The van der Waals surface area contributed by atoms with Gasteiger partial charge in [0.15, 0.2) is 0 Å². The standard InChI is InChI=1S/C14H29N3O2S/c1-16(2)11-13-5-8-17(9-6-13)20(18,19)12-14-4-3-7-15-10-14/h13-15H,3-12H2,1-2H3. The maximum Gasteiger partial charge on any atom is 0.214 e. The fourth-order valence-corrected chi connectivity index (χ4v) is 5.21. The molecule has 0 saturated carbocycles. The second-order valence-electron chi connectivity index (χ2n) is 6.60. The van der Waals surface area contributed by atoms with Crippen LogP contribution < -0.4 is 5.32 Å². The topological polar surface area (TPSA) is 52.7 Å². The van der Waals surface area contributed by atoms with Crippen LogP contribution in [0.5, 0.6) is 0 Å². The predicted molar refractivity (Wildman–Crippen MR) is 82.2 cm³/mol. The lowest BCUT2D eigenvalue weighted by Crippen LogP contribution is -2.44. The van der Waals surface area contributed by atoms with Crippen molar-refractivity contribution in [2.24, 2.45) is 11.8 Å². The lowest BCUT2D eigenvalue weighted by atomic mass is 9.98. The van der Waals surface area contributed by atoms with Gasteiger partial charge in [-0.3, -0.25) is 0 Å². The van der Waals surface area contributed by atoms with E-state index in [1.807, 2.05) is 0 Å². The van der Waals surface area contributed by atoms with E-state index in [4.69, 9.17) is 0 Å². The molecule has 2 fully saturated rings. The lowest BCUT2D eigenvalue weighted by Gasteiger charge is -2.33. The third kappa shape index (κ3) is 4.69. The van der Waals surface area contributed by atoms with Crippen molar-refractivity contribution in [1.29, 1.82) is 0 Å². The average Bonchev–Trinajstić information content (AvgIpc) is 2.39. The van der Waals surface area contributed by atoms with Gasteiger partial charge in [-0.25, -0.2) is 12.7 Å². The maximum absolute atomic E-state index is 12.5. The molecule has 20 heavy (non-hydrogen) atoms. The molecule has 2 rings (SSSR count). The summed E-state index contributed by atoms with van der Waals surface area (Å²) in [6.45, 7) is 4.38.